The lowest BCUT2D eigenvalue weighted by Gasteiger charge is -2.07. The third kappa shape index (κ3) is 1.64. The van der Waals surface area contributed by atoms with Crippen LogP contribution in [0.3, 0.4) is 0 Å². The molecule has 3 heteroatoms. The summed E-state index contributed by atoms with van der Waals surface area (Å²) in [6, 6.07) is 7.59. The second-order valence-electron chi connectivity index (χ2n) is 3.35. The van der Waals surface area contributed by atoms with Gasteiger partial charge >= 0.3 is 0 Å². The number of methoxy groups -OCH3 is 1. The number of rotatable bonds is 2. The predicted molar refractivity (Wildman–Crippen MR) is 65.7 cm³/mol. The zero-order valence-corrected chi connectivity index (χ0v) is 9.03. The minimum Gasteiger partial charge on any atom is -0.489 e. The van der Waals surface area contributed by atoms with E-state index in [1.807, 2.05) is 24.3 Å². The molecule has 0 amide bonds. The van der Waals surface area contributed by atoms with Crippen LogP contribution >= 0.6 is 0 Å². The van der Waals surface area contributed by atoms with Gasteiger partial charge in [-0.3, -0.25) is 4.98 Å². The highest BCUT2D eigenvalue weighted by atomic mass is 16.5. The molecule has 0 aliphatic heterocycles. The molecule has 0 saturated carbocycles. The third-order valence-electron chi connectivity index (χ3n) is 2.36. The van der Waals surface area contributed by atoms with Crippen molar-refractivity contribution in [2.75, 3.05) is 12.8 Å². The summed E-state index contributed by atoms with van der Waals surface area (Å²) in [7, 11) is 1.58. The number of nitrogens with two attached hydrogens (primary N) is 1. The van der Waals surface area contributed by atoms with Crippen LogP contribution in [-0.2, 0) is 4.74 Å². The van der Waals surface area contributed by atoms with Gasteiger partial charge in [-0.2, -0.15) is 0 Å². The molecular formula is C13H12N2O. The van der Waals surface area contributed by atoms with Gasteiger partial charge in [-0.25, -0.2) is 0 Å². The minimum absolute atomic E-state index is 0.581. The van der Waals surface area contributed by atoms with Crippen molar-refractivity contribution in [1.82, 2.24) is 4.98 Å². The maximum absolute atomic E-state index is 5.92. The molecule has 0 atom stereocenters. The van der Waals surface area contributed by atoms with Crippen molar-refractivity contribution in [1.29, 1.82) is 0 Å². The first-order chi connectivity index (χ1) is 7.76. The minimum atomic E-state index is 0.581. The van der Waals surface area contributed by atoms with Gasteiger partial charge in [0.1, 0.15) is 0 Å². The van der Waals surface area contributed by atoms with Crippen LogP contribution < -0.4 is 5.73 Å². The summed E-state index contributed by atoms with van der Waals surface area (Å²) in [4.78, 5) is 4.22. The highest BCUT2D eigenvalue weighted by molar-refractivity contribution is 5.92. The van der Waals surface area contributed by atoms with Crippen molar-refractivity contribution < 1.29 is 4.74 Å². The predicted octanol–water partition coefficient (Wildman–Crippen LogP) is 2.59. The summed E-state index contributed by atoms with van der Waals surface area (Å²) in [5, 5.41) is 0.974. The van der Waals surface area contributed by atoms with Crippen molar-refractivity contribution in [2.24, 2.45) is 0 Å². The lowest BCUT2D eigenvalue weighted by Crippen LogP contribution is -1.93. The van der Waals surface area contributed by atoms with Gasteiger partial charge in [0.2, 0.25) is 0 Å². The van der Waals surface area contributed by atoms with Crippen LogP contribution in [0.4, 0.5) is 5.69 Å². The van der Waals surface area contributed by atoms with Crippen LogP contribution in [0.25, 0.3) is 16.7 Å². The first-order valence-electron chi connectivity index (χ1n) is 4.85. The van der Waals surface area contributed by atoms with Crippen molar-refractivity contribution >= 4 is 22.3 Å². The molecule has 3 nitrogen and oxygen atoms in total. The number of hydrogen-bond donors (Lipinski definition) is 1. The van der Waals surface area contributed by atoms with Gasteiger partial charge in [-0.15, -0.1) is 0 Å². The lowest BCUT2D eigenvalue weighted by molar-refractivity contribution is 0.371. The molecule has 0 spiro atoms. The number of hydrogen-bond acceptors (Lipinski definition) is 3. The molecule has 16 heavy (non-hydrogen) atoms. The number of fused-ring (bicyclic) bond motifs is 1. The van der Waals surface area contributed by atoms with E-state index in [4.69, 9.17) is 10.5 Å². The molecule has 0 fully saturated rings. The number of anilines is 1. The average Bonchev–Trinajstić information content (AvgIpc) is 2.31. The molecule has 0 saturated heterocycles. The number of aromatic nitrogens is 1. The molecule has 2 aromatic rings. The molecule has 0 radical (unpaired) electrons. The van der Waals surface area contributed by atoms with Gasteiger partial charge in [-0.1, -0.05) is 18.4 Å². The zero-order valence-electron chi connectivity index (χ0n) is 9.03. The second kappa shape index (κ2) is 4.09. The Morgan fingerprint density at radius 2 is 2.31 bits per heavy atom. The van der Waals surface area contributed by atoms with Gasteiger partial charge in [0.05, 0.1) is 18.3 Å². The van der Waals surface area contributed by atoms with E-state index in [1.54, 1.807) is 13.3 Å². The van der Waals surface area contributed by atoms with Crippen LogP contribution in [0.5, 0.6) is 0 Å². The number of benzene rings is 1. The van der Waals surface area contributed by atoms with E-state index in [0.717, 1.165) is 16.5 Å². The molecule has 0 unspecified atom stereocenters. The van der Waals surface area contributed by atoms with E-state index in [1.165, 1.54) is 0 Å². The fraction of sp³-hybridized carbons (Fsp3) is 0.0769. The Morgan fingerprint density at radius 1 is 1.50 bits per heavy atom. The summed E-state index contributed by atoms with van der Waals surface area (Å²) in [6.45, 7) is 3.57. The van der Waals surface area contributed by atoms with Crippen LogP contribution in [0.1, 0.15) is 5.56 Å². The monoisotopic (exact) mass is 212 g/mol. The molecule has 2 N–H and O–H groups in total. The first-order valence-corrected chi connectivity index (χ1v) is 4.85. The number of pyridine rings is 1. The topological polar surface area (TPSA) is 48.1 Å². The van der Waals surface area contributed by atoms with Gasteiger partial charge in [0.15, 0.2) is 5.76 Å². The highest BCUT2D eigenvalue weighted by Crippen LogP contribution is 2.24. The number of ether oxygens (including phenoxy) is 1. The van der Waals surface area contributed by atoms with Crippen molar-refractivity contribution in [3.63, 3.8) is 0 Å². The Hall–Kier alpha value is -2.25. The summed E-state index contributed by atoms with van der Waals surface area (Å²) in [5.41, 5.74) is 10.9. The summed E-state index contributed by atoms with van der Waals surface area (Å²) in [6.07, 6.45) is 1.72. The van der Waals surface area contributed by atoms with Crippen LogP contribution in [0.15, 0.2) is 42.8 Å². The highest BCUT2D eigenvalue weighted by Gasteiger charge is 2.05. The molecule has 0 aliphatic rings. The summed E-state index contributed by atoms with van der Waals surface area (Å²) < 4.78 is 5.16. The van der Waals surface area contributed by atoms with E-state index >= 15 is 0 Å². The molecular weight excluding hydrogens is 200 g/mol. The number of nitrogens with zero attached hydrogens (tertiary/aromatic N) is 1. The normalized spacial score (nSPS) is 9.81. The van der Waals surface area contributed by atoms with Gasteiger partial charge in [-0.05, 0) is 18.2 Å². The fourth-order valence-electron chi connectivity index (χ4n) is 1.64. The van der Waals surface area contributed by atoms with E-state index in [0.29, 0.717) is 11.4 Å². The Morgan fingerprint density at radius 3 is 3.00 bits per heavy atom. The Balaban J connectivity index is 2.71. The van der Waals surface area contributed by atoms with Gasteiger partial charge < -0.3 is 10.5 Å². The van der Waals surface area contributed by atoms with Crippen molar-refractivity contribution in [2.45, 2.75) is 0 Å². The zero-order chi connectivity index (χ0) is 11.5. The van der Waals surface area contributed by atoms with Crippen molar-refractivity contribution in [3.8, 4) is 0 Å². The number of nitrogen functional groups attached to an aromatic ring is 1. The maximum atomic E-state index is 5.92. The average molecular weight is 212 g/mol. The van der Waals surface area contributed by atoms with Crippen LogP contribution in [0, 0.1) is 0 Å². The smallest absolute Gasteiger partial charge is 0.168 e. The van der Waals surface area contributed by atoms with E-state index in [9.17, 15) is 0 Å². The first kappa shape index (κ1) is 10.3. The molecule has 2 rings (SSSR count). The Labute approximate surface area is 93.9 Å². The van der Waals surface area contributed by atoms with Crippen LogP contribution in [-0.4, -0.2) is 12.1 Å². The summed E-state index contributed by atoms with van der Waals surface area (Å²) >= 11 is 0. The van der Waals surface area contributed by atoms with Crippen LogP contribution in [0.2, 0.25) is 0 Å². The largest absolute Gasteiger partial charge is 0.489 e. The van der Waals surface area contributed by atoms with Gasteiger partial charge in [0, 0.05) is 17.1 Å². The third-order valence-corrected chi connectivity index (χ3v) is 2.36. The summed E-state index contributed by atoms with van der Waals surface area (Å²) in [5.74, 6) is 0.581. The quantitative estimate of drug-likeness (QED) is 0.473. The molecule has 1 aromatic heterocycles. The van der Waals surface area contributed by atoms with Crippen molar-refractivity contribution in [3.05, 3.63) is 48.3 Å². The molecule has 0 aliphatic carbocycles. The second-order valence-corrected chi connectivity index (χ2v) is 3.35. The van der Waals surface area contributed by atoms with E-state index in [2.05, 4.69) is 17.3 Å². The Kier molecular flexibility index (Phi) is 2.63. The lowest BCUT2D eigenvalue weighted by atomic mass is 10.1. The Bertz CT molecular complexity index is 584. The SMILES string of the molecule is C=C=C(OC)c1cc(N)c2ncccc2c1. The van der Waals surface area contributed by atoms with E-state index in [-0.39, 0.29) is 0 Å². The molecule has 1 aromatic carbocycles. The molecule has 1 heterocycles. The fourth-order valence-corrected chi connectivity index (χ4v) is 1.64. The van der Waals surface area contributed by atoms with Gasteiger partial charge in [0.25, 0.3) is 0 Å². The molecule has 80 valence electrons. The van der Waals surface area contributed by atoms with E-state index < -0.39 is 0 Å². The standard InChI is InChI=1S/C13H12N2O/c1-3-12(16-2)10-7-9-5-4-6-15-13(9)11(14)8-10/h4-8H,1,14H2,2H3. The molecule has 0 bridgehead atoms. The maximum Gasteiger partial charge on any atom is 0.168 e.